The molecule has 1 aromatic rings. The molecule has 1 aliphatic heterocycles. The lowest BCUT2D eigenvalue weighted by molar-refractivity contribution is 0.0891. The van der Waals surface area contributed by atoms with Crippen molar-refractivity contribution in [1.29, 1.82) is 0 Å². The van der Waals surface area contributed by atoms with Crippen LogP contribution in [0.2, 0.25) is 0 Å². The minimum absolute atomic E-state index is 0.464. The molecule has 116 valence electrons. The van der Waals surface area contributed by atoms with Crippen LogP contribution in [0.1, 0.15) is 37.7 Å². The number of ether oxygens (including phenoxy) is 2. The van der Waals surface area contributed by atoms with Crippen molar-refractivity contribution in [2.45, 2.75) is 50.7 Å². The Morgan fingerprint density at radius 1 is 1.29 bits per heavy atom. The Balaban J connectivity index is 1.61. The number of hydrogen-bond donors (Lipinski definition) is 1. The molecule has 21 heavy (non-hydrogen) atoms. The van der Waals surface area contributed by atoms with Gasteiger partial charge in [0.15, 0.2) is 0 Å². The van der Waals surface area contributed by atoms with Crippen LogP contribution in [-0.2, 0) is 11.2 Å². The Hall–Kier alpha value is -1.06. The second-order valence-corrected chi connectivity index (χ2v) is 6.44. The fraction of sp³-hybridized carbons (Fsp3) is 0.667. The standard InChI is InChI=1S/C18H27NO2/c1-20-18-7-3-2-5-15(18)11-14(13-19-16-8-9-16)12-17-6-4-10-21-17/h2-3,5,7,14,16-17,19H,4,6,8-13H2,1H3. The summed E-state index contributed by atoms with van der Waals surface area (Å²) in [5.41, 5.74) is 1.32. The highest BCUT2D eigenvalue weighted by atomic mass is 16.5. The summed E-state index contributed by atoms with van der Waals surface area (Å²) in [6, 6.07) is 9.18. The van der Waals surface area contributed by atoms with Crippen LogP contribution < -0.4 is 10.1 Å². The second kappa shape index (κ2) is 7.28. The zero-order valence-corrected chi connectivity index (χ0v) is 13.0. The highest BCUT2D eigenvalue weighted by molar-refractivity contribution is 5.33. The van der Waals surface area contributed by atoms with Crippen molar-refractivity contribution in [2.24, 2.45) is 5.92 Å². The molecule has 2 aliphatic rings. The molecule has 2 fully saturated rings. The fourth-order valence-electron chi connectivity index (χ4n) is 3.24. The van der Waals surface area contributed by atoms with Gasteiger partial charge in [-0.2, -0.15) is 0 Å². The summed E-state index contributed by atoms with van der Waals surface area (Å²) < 4.78 is 11.3. The van der Waals surface area contributed by atoms with Gasteiger partial charge in [0.05, 0.1) is 13.2 Å². The quantitative estimate of drug-likeness (QED) is 0.797. The highest BCUT2D eigenvalue weighted by Crippen LogP contribution is 2.27. The lowest BCUT2D eigenvalue weighted by atomic mass is 9.92. The normalized spacial score (nSPS) is 23.2. The molecule has 2 unspecified atom stereocenters. The minimum atomic E-state index is 0.464. The third-order valence-corrected chi connectivity index (χ3v) is 4.59. The van der Waals surface area contributed by atoms with Crippen molar-refractivity contribution in [3.05, 3.63) is 29.8 Å². The average molecular weight is 289 g/mol. The molecule has 0 amide bonds. The molecular weight excluding hydrogens is 262 g/mol. The highest BCUT2D eigenvalue weighted by Gasteiger charge is 2.25. The van der Waals surface area contributed by atoms with Crippen LogP contribution in [-0.4, -0.2) is 32.4 Å². The summed E-state index contributed by atoms with van der Waals surface area (Å²) in [7, 11) is 1.76. The number of nitrogens with one attached hydrogen (secondary N) is 1. The average Bonchev–Trinajstić information content (AvgIpc) is 3.21. The molecule has 1 heterocycles. The number of rotatable bonds is 8. The van der Waals surface area contributed by atoms with E-state index >= 15 is 0 Å². The summed E-state index contributed by atoms with van der Waals surface area (Å²) in [6.45, 7) is 2.05. The van der Waals surface area contributed by atoms with Gasteiger partial charge in [0.1, 0.15) is 5.75 Å². The maximum atomic E-state index is 5.84. The van der Waals surface area contributed by atoms with Crippen LogP contribution in [0, 0.1) is 5.92 Å². The maximum Gasteiger partial charge on any atom is 0.122 e. The Morgan fingerprint density at radius 3 is 2.86 bits per heavy atom. The molecule has 0 radical (unpaired) electrons. The van der Waals surface area contributed by atoms with Gasteiger partial charge in [-0.3, -0.25) is 0 Å². The van der Waals surface area contributed by atoms with Gasteiger partial charge >= 0.3 is 0 Å². The number of hydrogen-bond acceptors (Lipinski definition) is 3. The smallest absolute Gasteiger partial charge is 0.122 e. The van der Waals surface area contributed by atoms with E-state index in [4.69, 9.17) is 9.47 Å². The molecular formula is C18H27NO2. The van der Waals surface area contributed by atoms with E-state index in [0.717, 1.165) is 37.8 Å². The Morgan fingerprint density at radius 2 is 2.14 bits per heavy atom. The molecule has 3 heteroatoms. The second-order valence-electron chi connectivity index (χ2n) is 6.44. The molecule has 1 saturated heterocycles. The Labute approximate surface area is 128 Å². The van der Waals surface area contributed by atoms with Crippen molar-refractivity contribution in [2.75, 3.05) is 20.3 Å². The fourth-order valence-corrected chi connectivity index (χ4v) is 3.24. The summed E-state index contributed by atoms with van der Waals surface area (Å²) >= 11 is 0. The SMILES string of the molecule is COc1ccccc1CC(CNC1CC1)CC1CCCO1. The van der Waals surface area contributed by atoms with Crippen LogP contribution >= 0.6 is 0 Å². The van der Waals surface area contributed by atoms with Crippen LogP contribution in [0.5, 0.6) is 5.75 Å². The molecule has 1 aromatic carbocycles. The van der Waals surface area contributed by atoms with Gasteiger partial charge in [0, 0.05) is 12.6 Å². The topological polar surface area (TPSA) is 30.5 Å². The van der Waals surface area contributed by atoms with E-state index in [9.17, 15) is 0 Å². The van der Waals surface area contributed by atoms with E-state index in [0.29, 0.717) is 12.0 Å². The summed E-state index contributed by atoms with van der Waals surface area (Å²) in [6.07, 6.45) is 7.85. The molecule has 0 bridgehead atoms. The first-order valence-corrected chi connectivity index (χ1v) is 8.32. The van der Waals surface area contributed by atoms with E-state index in [1.54, 1.807) is 7.11 Å². The molecule has 1 N–H and O–H groups in total. The minimum Gasteiger partial charge on any atom is -0.496 e. The zero-order chi connectivity index (χ0) is 14.5. The first-order chi connectivity index (χ1) is 10.3. The van der Waals surface area contributed by atoms with E-state index in [2.05, 4.69) is 23.5 Å². The Kier molecular flexibility index (Phi) is 5.15. The van der Waals surface area contributed by atoms with E-state index < -0.39 is 0 Å². The molecule has 1 saturated carbocycles. The van der Waals surface area contributed by atoms with Gasteiger partial charge < -0.3 is 14.8 Å². The number of benzene rings is 1. The first-order valence-electron chi connectivity index (χ1n) is 8.32. The van der Waals surface area contributed by atoms with Gasteiger partial charge in [-0.15, -0.1) is 0 Å². The molecule has 3 rings (SSSR count). The van der Waals surface area contributed by atoms with Crippen molar-refractivity contribution >= 4 is 0 Å². The van der Waals surface area contributed by atoms with Crippen molar-refractivity contribution < 1.29 is 9.47 Å². The zero-order valence-electron chi connectivity index (χ0n) is 13.0. The van der Waals surface area contributed by atoms with Gasteiger partial charge in [-0.25, -0.2) is 0 Å². The molecule has 3 nitrogen and oxygen atoms in total. The summed E-state index contributed by atoms with van der Waals surface area (Å²) in [4.78, 5) is 0. The maximum absolute atomic E-state index is 5.84. The number of methoxy groups -OCH3 is 1. The van der Waals surface area contributed by atoms with Gasteiger partial charge in [-0.05, 0) is 62.6 Å². The Bertz CT molecular complexity index is 439. The van der Waals surface area contributed by atoms with E-state index in [1.807, 2.05) is 6.07 Å². The molecule has 1 aliphatic carbocycles. The predicted molar refractivity (Wildman–Crippen MR) is 84.8 cm³/mol. The van der Waals surface area contributed by atoms with Crippen molar-refractivity contribution in [3.63, 3.8) is 0 Å². The third-order valence-electron chi connectivity index (χ3n) is 4.59. The van der Waals surface area contributed by atoms with Gasteiger partial charge in [0.25, 0.3) is 0 Å². The molecule has 0 aromatic heterocycles. The van der Waals surface area contributed by atoms with Crippen LogP contribution in [0.3, 0.4) is 0 Å². The monoisotopic (exact) mass is 289 g/mol. The van der Waals surface area contributed by atoms with Gasteiger partial charge in [-0.1, -0.05) is 18.2 Å². The molecule has 2 atom stereocenters. The predicted octanol–water partition coefficient (Wildman–Crippen LogP) is 3.18. The third kappa shape index (κ3) is 4.45. The number of para-hydroxylation sites is 1. The molecule has 0 spiro atoms. The van der Waals surface area contributed by atoms with Crippen molar-refractivity contribution in [3.8, 4) is 5.75 Å². The largest absolute Gasteiger partial charge is 0.496 e. The van der Waals surface area contributed by atoms with Crippen molar-refractivity contribution in [1.82, 2.24) is 5.32 Å². The lowest BCUT2D eigenvalue weighted by Crippen LogP contribution is -2.29. The lowest BCUT2D eigenvalue weighted by Gasteiger charge is -2.22. The van der Waals surface area contributed by atoms with Gasteiger partial charge in [0.2, 0.25) is 0 Å². The van der Waals surface area contributed by atoms with E-state index in [-0.39, 0.29) is 0 Å². The summed E-state index contributed by atoms with van der Waals surface area (Å²) in [5, 5.41) is 3.69. The summed E-state index contributed by atoms with van der Waals surface area (Å²) in [5.74, 6) is 1.64. The van der Waals surface area contributed by atoms with Crippen LogP contribution in [0.15, 0.2) is 24.3 Å². The van der Waals surface area contributed by atoms with E-state index in [1.165, 1.54) is 31.2 Å². The van der Waals surface area contributed by atoms with Crippen LogP contribution in [0.25, 0.3) is 0 Å². The first kappa shape index (κ1) is 14.9. The van der Waals surface area contributed by atoms with Crippen LogP contribution in [0.4, 0.5) is 0 Å².